The van der Waals surface area contributed by atoms with Crippen LogP contribution >= 0.6 is 0 Å². The first-order chi connectivity index (χ1) is 9.54. The Morgan fingerprint density at radius 1 is 1.35 bits per heavy atom. The molecule has 5 N–H and O–H groups in total. The molecule has 1 amide bonds. The van der Waals surface area contributed by atoms with Crippen LogP contribution in [0.2, 0.25) is 0 Å². The van der Waals surface area contributed by atoms with Crippen LogP contribution in [0.15, 0.2) is 18.2 Å². The molecule has 0 aliphatic carbocycles. The molecule has 0 bridgehead atoms. The Balaban J connectivity index is 2.47. The van der Waals surface area contributed by atoms with Gasteiger partial charge in [-0.2, -0.15) is 0 Å². The summed E-state index contributed by atoms with van der Waals surface area (Å²) in [6.07, 6.45) is 0.315. The van der Waals surface area contributed by atoms with Gasteiger partial charge in [0.25, 0.3) is 5.69 Å². The number of anilines is 1. The van der Waals surface area contributed by atoms with Gasteiger partial charge in [-0.3, -0.25) is 10.1 Å². The van der Waals surface area contributed by atoms with Gasteiger partial charge in [-0.05, 0) is 24.5 Å². The zero-order valence-electron chi connectivity index (χ0n) is 11.0. The van der Waals surface area contributed by atoms with Crippen LogP contribution in [0.4, 0.5) is 16.2 Å². The average molecular weight is 282 g/mol. The highest BCUT2D eigenvalue weighted by molar-refractivity contribution is 5.64. The van der Waals surface area contributed by atoms with Crippen molar-refractivity contribution < 1.29 is 14.8 Å². The standard InChI is InChI=1S/C12H18N4O4/c13-8-9-3-4-10(11(7-9)16(19)20)14-5-1-2-6-15-12(17)18/h3-4,7,14-15H,1-2,5-6,8,13H2,(H,17,18). The predicted octanol–water partition coefficient (Wildman–Crippen LogP) is 1.51. The molecule has 0 aromatic heterocycles. The number of rotatable bonds is 8. The van der Waals surface area contributed by atoms with Gasteiger partial charge in [0.1, 0.15) is 5.69 Å². The summed E-state index contributed by atoms with van der Waals surface area (Å²) in [5.74, 6) is 0. The first-order valence-corrected chi connectivity index (χ1v) is 6.22. The summed E-state index contributed by atoms with van der Waals surface area (Å²) in [6, 6.07) is 4.82. The van der Waals surface area contributed by atoms with Gasteiger partial charge in [-0.1, -0.05) is 6.07 Å². The Morgan fingerprint density at radius 3 is 2.65 bits per heavy atom. The number of nitro groups is 1. The minimum absolute atomic E-state index is 0.00314. The zero-order chi connectivity index (χ0) is 15.0. The number of benzene rings is 1. The molecule has 20 heavy (non-hydrogen) atoms. The summed E-state index contributed by atoms with van der Waals surface area (Å²) in [6.45, 7) is 1.15. The third-order valence-electron chi connectivity index (χ3n) is 2.69. The molecule has 0 atom stereocenters. The molecule has 1 rings (SSSR count). The maximum absolute atomic E-state index is 10.9. The molecule has 0 unspecified atom stereocenters. The van der Waals surface area contributed by atoms with Crippen LogP contribution in [0.25, 0.3) is 0 Å². The van der Waals surface area contributed by atoms with Crippen molar-refractivity contribution in [2.75, 3.05) is 18.4 Å². The molecule has 0 spiro atoms. The Labute approximate surface area is 116 Å². The molecule has 8 nitrogen and oxygen atoms in total. The fourth-order valence-electron chi connectivity index (χ4n) is 1.67. The lowest BCUT2D eigenvalue weighted by atomic mass is 10.1. The first kappa shape index (κ1) is 15.7. The maximum Gasteiger partial charge on any atom is 0.404 e. The summed E-state index contributed by atoms with van der Waals surface area (Å²) in [5, 5.41) is 24.6. The van der Waals surface area contributed by atoms with E-state index >= 15 is 0 Å². The van der Waals surface area contributed by atoms with Crippen LogP contribution in [0.5, 0.6) is 0 Å². The lowest BCUT2D eigenvalue weighted by Gasteiger charge is -2.08. The van der Waals surface area contributed by atoms with Gasteiger partial charge in [0.05, 0.1) is 4.92 Å². The van der Waals surface area contributed by atoms with Crippen molar-refractivity contribution >= 4 is 17.5 Å². The molecule has 0 saturated heterocycles. The molecular weight excluding hydrogens is 264 g/mol. The van der Waals surface area contributed by atoms with Gasteiger partial charge < -0.3 is 21.5 Å². The average Bonchev–Trinajstić information content (AvgIpc) is 2.42. The van der Waals surface area contributed by atoms with E-state index in [0.717, 1.165) is 0 Å². The van der Waals surface area contributed by atoms with Crippen molar-refractivity contribution in [2.24, 2.45) is 5.73 Å². The van der Waals surface area contributed by atoms with Crippen molar-refractivity contribution in [1.29, 1.82) is 0 Å². The largest absolute Gasteiger partial charge is 0.465 e. The van der Waals surface area contributed by atoms with Crippen LogP contribution in [0.3, 0.4) is 0 Å². The first-order valence-electron chi connectivity index (χ1n) is 6.22. The molecule has 110 valence electrons. The van der Waals surface area contributed by atoms with E-state index in [-0.39, 0.29) is 12.2 Å². The molecular formula is C12H18N4O4. The van der Waals surface area contributed by atoms with E-state index in [9.17, 15) is 14.9 Å². The molecule has 0 fully saturated rings. The van der Waals surface area contributed by atoms with Crippen molar-refractivity contribution in [3.8, 4) is 0 Å². The van der Waals surface area contributed by atoms with E-state index < -0.39 is 11.0 Å². The smallest absolute Gasteiger partial charge is 0.404 e. The van der Waals surface area contributed by atoms with Gasteiger partial charge >= 0.3 is 6.09 Å². The number of nitrogens with zero attached hydrogens (tertiary/aromatic N) is 1. The molecule has 1 aromatic carbocycles. The Hall–Kier alpha value is -2.35. The summed E-state index contributed by atoms with van der Waals surface area (Å²) in [5.41, 5.74) is 6.59. The SMILES string of the molecule is NCc1ccc(NCCCCNC(=O)O)c([N+](=O)[O-])c1. The van der Waals surface area contributed by atoms with Crippen LogP contribution in [-0.4, -0.2) is 29.2 Å². The third kappa shape index (κ3) is 5.11. The fourth-order valence-corrected chi connectivity index (χ4v) is 1.67. The van der Waals surface area contributed by atoms with E-state index in [1.54, 1.807) is 12.1 Å². The lowest BCUT2D eigenvalue weighted by molar-refractivity contribution is -0.384. The lowest BCUT2D eigenvalue weighted by Crippen LogP contribution is -2.22. The zero-order valence-corrected chi connectivity index (χ0v) is 11.0. The highest BCUT2D eigenvalue weighted by atomic mass is 16.6. The van der Waals surface area contributed by atoms with E-state index in [4.69, 9.17) is 10.8 Å². The summed E-state index contributed by atoms with van der Waals surface area (Å²) in [4.78, 5) is 20.7. The highest BCUT2D eigenvalue weighted by Crippen LogP contribution is 2.25. The number of hydrogen-bond donors (Lipinski definition) is 4. The van der Waals surface area contributed by atoms with Gasteiger partial charge in [-0.15, -0.1) is 0 Å². The summed E-state index contributed by atoms with van der Waals surface area (Å²) < 4.78 is 0. The molecule has 0 radical (unpaired) electrons. The molecule has 0 aliphatic heterocycles. The van der Waals surface area contributed by atoms with E-state index in [2.05, 4.69) is 10.6 Å². The van der Waals surface area contributed by atoms with Crippen LogP contribution in [0, 0.1) is 10.1 Å². The molecule has 8 heteroatoms. The Bertz CT molecular complexity index is 479. The second-order valence-corrected chi connectivity index (χ2v) is 4.18. The number of nitrogens with one attached hydrogen (secondary N) is 2. The number of amides is 1. The van der Waals surface area contributed by atoms with E-state index in [1.165, 1.54) is 6.07 Å². The number of hydrogen-bond acceptors (Lipinski definition) is 5. The van der Waals surface area contributed by atoms with Gasteiger partial charge in [0.2, 0.25) is 0 Å². The Morgan fingerprint density at radius 2 is 2.05 bits per heavy atom. The van der Waals surface area contributed by atoms with Gasteiger partial charge in [0.15, 0.2) is 0 Å². The minimum atomic E-state index is -1.05. The third-order valence-corrected chi connectivity index (χ3v) is 2.69. The molecule has 1 aromatic rings. The molecule has 0 heterocycles. The number of nitro benzene ring substituents is 1. The highest BCUT2D eigenvalue weighted by Gasteiger charge is 2.13. The van der Waals surface area contributed by atoms with Crippen LogP contribution < -0.4 is 16.4 Å². The monoisotopic (exact) mass is 282 g/mol. The van der Waals surface area contributed by atoms with Crippen LogP contribution in [-0.2, 0) is 6.54 Å². The van der Waals surface area contributed by atoms with Crippen LogP contribution in [0.1, 0.15) is 18.4 Å². The van der Waals surface area contributed by atoms with Gasteiger partial charge in [-0.25, -0.2) is 4.79 Å². The summed E-state index contributed by atoms with van der Waals surface area (Å²) in [7, 11) is 0. The fraction of sp³-hybridized carbons (Fsp3) is 0.417. The van der Waals surface area contributed by atoms with E-state index in [0.29, 0.717) is 37.2 Å². The quantitative estimate of drug-likeness (QED) is 0.325. The normalized spacial score (nSPS) is 10.1. The number of carboxylic acid groups (broad SMARTS) is 1. The minimum Gasteiger partial charge on any atom is -0.465 e. The van der Waals surface area contributed by atoms with Gasteiger partial charge in [0, 0.05) is 25.7 Å². The second kappa shape index (κ2) is 7.95. The maximum atomic E-state index is 10.9. The number of nitrogens with two attached hydrogens (primary N) is 1. The van der Waals surface area contributed by atoms with Crippen molar-refractivity contribution in [2.45, 2.75) is 19.4 Å². The topological polar surface area (TPSA) is 131 Å². The van der Waals surface area contributed by atoms with Crippen molar-refractivity contribution in [3.05, 3.63) is 33.9 Å². The van der Waals surface area contributed by atoms with E-state index in [1.807, 2.05) is 0 Å². The molecule has 0 saturated carbocycles. The predicted molar refractivity (Wildman–Crippen MR) is 74.7 cm³/mol. The Kier molecular flexibility index (Phi) is 6.24. The van der Waals surface area contributed by atoms with Crippen molar-refractivity contribution in [1.82, 2.24) is 5.32 Å². The number of carbonyl (C=O) groups is 1. The second-order valence-electron chi connectivity index (χ2n) is 4.18. The van der Waals surface area contributed by atoms with Crippen molar-refractivity contribution in [3.63, 3.8) is 0 Å². The number of unbranched alkanes of at least 4 members (excludes halogenated alkanes) is 1. The molecule has 0 aliphatic rings. The summed E-state index contributed by atoms with van der Waals surface area (Å²) >= 11 is 0.